The molecule has 0 unspecified atom stereocenters. The number of morpholine rings is 1. The van der Waals surface area contributed by atoms with Crippen LogP contribution in [-0.4, -0.2) is 61.8 Å². The number of hydrogen-bond donors (Lipinski definition) is 1. The lowest BCUT2D eigenvalue weighted by atomic mass is 9.99. The molecule has 0 radical (unpaired) electrons. The van der Waals surface area contributed by atoms with Gasteiger partial charge in [-0.05, 0) is 19.8 Å². The van der Waals surface area contributed by atoms with Crippen LogP contribution >= 0.6 is 0 Å². The van der Waals surface area contributed by atoms with E-state index in [1.807, 2.05) is 27.7 Å². The van der Waals surface area contributed by atoms with Gasteiger partial charge in [0.2, 0.25) is 5.91 Å². The van der Waals surface area contributed by atoms with Gasteiger partial charge in [0.05, 0.1) is 25.9 Å². The Bertz CT molecular complexity index is 352. The number of esters is 1. The largest absolute Gasteiger partial charge is 0.467 e. The second-order valence-corrected chi connectivity index (χ2v) is 5.91. The first-order valence-electron chi connectivity index (χ1n) is 7.62. The molecule has 0 spiro atoms. The molecule has 0 bridgehead atoms. The molecule has 1 fully saturated rings. The molecule has 6 heteroatoms. The van der Waals surface area contributed by atoms with Crippen LogP contribution in [0.1, 0.15) is 34.1 Å². The van der Waals surface area contributed by atoms with E-state index in [4.69, 9.17) is 9.47 Å². The number of amides is 1. The number of hydrogen-bond acceptors (Lipinski definition) is 5. The van der Waals surface area contributed by atoms with Gasteiger partial charge in [-0.2, -0.15) is 0 Å². The SMILES string of the molecule is CC[C@H](C)[C@H](NC(=O)CN1C[C@H](C)O[C@@H](C)C1)C(=O)OC. The van der Waals surface area contributed by atoms with Gasteiger partial charge in [-0.15, -0.1) is 0 Å². The van der Waals surface area contributed by atoms with Gasteiger partial charge in [0.15, 0.2) is 0 Å². The molecule has 0 aliphatic carbocycles. The summed E-state index contributed by atoms with van der Waals surface area (Å²) in [6.07, 6.45) is 1.03. The molecule has 1 amide bonds. The van der Waals surface area contributed by atoms with Crippen molar-refractivity contribution >= 4 is 11.9 Å². The van der Waals surface area contributed by atoms with E-state index in [9.17, 15) is 9.59 Å². The summed E-state index contributed by atoms with van der Waals surface area (Å²) >= 11 is 0. The van der Waals surface area contributed by atoms with Gasteiger partial charge in [0, 0.05) is 13.1 Å². The first-order chi connectivity index (χ1) is 9.87. The maximum Gasteiger partial charge on any atom is 0.328 e. The highest BCUT2D eigenvalue weighted by Gasteiger charge is 2.29. The zero-order valence-corrected chi connectivity index (χ0v) is 13.7. The summed E-state index contributed by atoms with van der Waals surface area (Å²) in [5.41, 5.74) is 0. The van der Waals surface area contributed by atoms with Crippen LogP contribution in [-0.2, 0) is 19.1 Å². The van der Waals surface area contributed by atoms with Gasteiger partial charge in [-0.3, -0.25) is 9.69 Å². The Balaban J connectivity index is 2.55. The number of rotatable bonds is 6. The second kappa shape index (κ2) is 8.34. The fraction of sp³-hybridized carbons (Fsp3) is 0.867. The summed E-state index contributed by atoms with van der Waals surface area (Å²) in [4.78, 5) is 26.0. The topological polar surface area (TPSA) is 67.9 Å². The lowest BCUT2D eigenvalue weighted by Gasteiger charge is -2.35. The lowest BCUT2D eigenvalue weighted by molar-refractivity contribution is -0.147. The molecule has 0 aromatic heterocycles. The minimum absolute atomic E-state index is 0.0453. The third-order valence-electron chi connectivity index (χ3n) is 3.85. The van der Waals surface area contributed by atoms with Crippen molar-refractivity contribution in [2.75, 3.05) is 26.7 Å². The number of ether oxygens (including phenoxy) is 2. The standard InChI is InChI=1S/C15H28N2O4/c1-6-10(2)14(15(19)20-5)16-13(18)9-17-7-11(3)21-12(4)8-17/h10-12,14H,6-9H2,1-5H3,(H,16,18)/t10-,11-,12-,14-/m0/s1. The van der Waals surface area contributed by atoms with E-state index in [0.29, 0.717) is 0 Å². The summed E-state index contributed by atoms with van der Waals surface area (Å²) in [5, 5.41) is 2.80. The molecule has 6 nitrogen and oxygen atoms in total. The van der Waals surface area contributed by atoms with Gasteiger partial charge in [0.25, 0.3) is 0 Å². The quantitative estimate of drug-likeness (QED) is 0.735. The molecule has 4 atom stereocenters. The Labute approximate surface area is 127 Å². The molecular formula is C15H28N2O4. The van der Waals surface area contributed by atoms with Gasteiger partial charge in [-0.1, -0.05) is 20.3 Å². The van der Waals surface area contributed by atoms with Gasteiger partial charge < -0.3 is 14.8 Å². The molecule has 1 aliphatic heterocycles. The van der Waals surface area contributed by atoms with Crippen LogP contribution in [0.4, 0.5) is 0 Å². The van der Waals surface area contributed by atoms with Crippen molar-refractivity contribution in [1.82, 2.24) is 10.2 Å². The van der Waals surface area contributed by atoms with Crippen molar-refractivity contribution in [2.24, 2.45) is 5.92 Å². The van der Waals surface area contributed by atoms with Crippen LogP contribution in [0.15, 0.2) is 0 Å². The molecule has 1 heterocycles. The van der Waals surface area contributed by atoms with E-state index < -0.39 is 6.04 Å². The summed E-state index contributed by atoms with van der Waals surface area (Å²) in [6, 6.07) is -0.580. The van der Waals surface area contributed by atoms with Crippen LogP contribution in [0.5, 0.6) is 0 Å². The summed E-state index contributed by atoms with van der Waals surface area (Å²) in [6.45, 7) is 9.64. The van der Waals surface area contributed by atoms with Crippen molar-refractivity contribution < 1.29 is 19.1 Å². The molecule has 0 aromatic rings. The lowest BCUT2D eigenvalue weighted by Crippen LogP contribution is -2.52. The minimum atomic E-state index is -0.580. The second-order valence-electron chi connectivity index (χ2n) is 5.91. The van der Waals surface area contributed by atoms with Crippen molar-refractivity contribution in [3.63, 3.8) is 0 Å². The highest BCUT2D eigenvalue weighted by molar-refractivity contribution is 5.85. The van der Waals surface area contributed by atoms with Crippen LogP contribution in [0.3, 0.4) is 0 Å². The maximum absolute atomic E-state index is 12.2. The Morgan fingerprint density at radius 2 is 1.90 bits per heavy atom. The zero-order chi connectivity index (χ0) is 16.0. The predicted octanol–water partition coefficient (Wildman–Crippen LogP) is 0.800. The predicted molar refractivity (Wildman–Crippen MR) is 79.9 cm³/mol. The van der Waals surface area contributed by atoms with Crippen LogP contribution in [0.25, 0.3) is 0 Å². The normalized spacial score (nSPS) is 26.0. The minimum Gasteiger partial charge on any atom is -0.467 e. The number of nitrogens with one attached hydrogen (secondary N) is 1. The molecule has 21 heavy (non-hydrogen) atoms. The molecule has 1 aliphatic rings. The third-order valence-corrected chi connectivity index (χ3v) is 3.85. The number of nitrogens with zero attached hydrogens (tertiary/aromatic N) is 1. The summed E-state index contributed by atoms with van der Waals surface area (Å²) < 4.78 is 10.4. The highest BCUT2D eigenvalue weighted by Crippen LogP contribution is 2.11. The van der Waals surface area contributed by atoms with Gasteiger partial charge in [0.1, 0.15) is 6.04 Å². The van der Waals surface area contributed by atoms with E-state index in [2.05, 4.69) is 10.2 Å². The molecule has 1 saturated heterocycles. The molecule has 0 saturated carbocycles. The molecule has 1 rings (SSSR count). The van der Waals surface area contributed by atoms with E-state index in [1.54, 1.807) is 0 Å². The maximum atomic E-state index is 12.2. The first kappa shape index (κ1) is 17.9. The molecule has 0 aromatic carbocycles. The molecular weight excluding hydrogens is 272 g/mol. The molecule has 1 N–H and O–H groups in total. The number of carbonyl (C=O) groups excluding carboxylic acids is 2. The number of methoxy groups -OCH3 is 1. The Morgan fingerprint density at radius 3 is 2.38 bits per heavy atom. The number of carbonyl (C=O) groups is 2. The van der Waals surface area contributed by atoms with Crippen LogP contribution in [0, 0.1) is 5.92 Å². The van der Waals surface area contributed by atoms with Crippen molar-refractivity contribution in [3.8, 4) is 0 Å². The van der Waals surface area contributed by atoms with Gasteiger partial charge >= 0.3 is 5.97 Å². The van der Waals surface area contributed by atoms with E-state index >= 15 is 0 Å². The van der Waals surface area contributed by atoms with Crippen LogP contribution < -0.4 is 5.32 Å². The van der Waals surface area contributed by atoms with Gasteiger partial charge in [-0.25, -0.2) is 4.79 Å². The summed E-state index contributed by atoms with van der Waals surface area (Å²) in [7, 11) is 1.34. The third kappa shape index (κ3) is 5.63. The highest BCUT2D eigenvalue weighted by atomic mass is 16.5. The fourth-order valence-corrected chi connectivity index (χ4v) is 2.63. The Hall–Kier alpha value is -1.14. The average Bonchev–Trinajstić information content (AvgIpc) is 2.41. The van der Waals surface area contributed by atoms with E-state index in [-0.39, 0.29) is 36.5 Å². The monoisotopic (exact) mass is 300 g/mol. The smallest absolute Gasteiger partial charge is 0.328 e. The van der Waals surface area contributed by atoms with Crippen molar-refractivity contribution in [3.05, 3.63) is 0 Å². The zero-order valence-electron chi connectivity index (χ0n) is 13.7. The van der Waals surface area contributed by atoms with E-state index in [0.717, 1.165) is 19.5 Å². The first-order valence-corrected chi connectivity index (χ1v) is 7.62. The fourth-order valence-electron chi connectivity index (χ4n) is 2.63. The van der Waals surface area contributed by atoms with Crippen molar-refractivity contribution in [1.29, 1.82) is 0 Å². The van der Waals surface area contributed by atoms with E-state index in [1.165, 1.54) is 7.11 Å². The van der Waals surface area contributed by atoms with Crippen LogP contribution in [0.2, 0.25) is 0 Å². The molecule has 122 valence electrons. The Kier molecular flexibility index (Phi) is 7.11. The average molecular weight is 300 g/mol. The summed E-state index contributed by atoms with van der Waals surface area (Å²) in [5.74, 6) is -0.489. The van der Waals surface area contributed by atoms with Crippen molar-refractivity contribution in [2.45, 2.75) is 52.4 Å². The Morgan fingerprint density at radius 1 is 1.33 bits per heavy atom.